The Labute approximate surface area is 127 Å². The van der Waals surface area contributed by atoms with Crippen LogP contribution >= 0.6 is 23.2 Å². The van der Waals surface area contributed by atoms with Crippen molar-refractivity contribution in [3.8, 4) is 11.5 Å². The van der Waals surface area contributed by atoms with Crippen LogP contribution in [0.5, 0.6) is 11.5 Å². The molecule has 20 heavy (non-hydrogen) atoms. The van der Waals surface area contributed by atoms with Gasteiger partial charge in [0.05, 0.1) is 15.7 Å². The molecule has 1 aliphatic heterocycles. The van der Waals surface area contributed by atoms with Crippen molar-refractivity contribution in [3.63, 3.8) is 0 Å². The molecule has 2 aromatic carbocycles. The van der Waals surface area contributed by atoms with E-state index in [2.05, 4.69) is 12.2 Å². The second-order valence-electron chi connectivity index (χ2n) is 4.58. The molecule has 0 spiro atoms. The van der Waals surface area contributed by atoms with Gasteiger partial charge in [0.2, 0.25) is 6.79 Å². The summed E-state index contributed by atoms with van der Waals surface area (Å²) in [4.78, 5) is 0. The number of ether oxygens (including phenoxy) is 2. The Balaban J connectivity index is 1.82. The molecule has 0 bridgehead atoms. The fraction of sp³-hybridized carbons (Fsp3) is 0.200. The van der Waals surface area contributed by atoms with Gasteiger partial charge >= 0.3 is 0 Å². The van der Waals surface area contributed by atoms with Crippen molar-refractivity contribution in [3.05, 3.63) is 52.0 Å². The molecule has 3 nitrogen and oxygen atoms in total. The molecule has 1 aliphatic rings. The van der Waals surface area contributed by atoms with Gasteiger partial charge < -0.3 is 14.8 Å². The lowest BCUT2D eigenvalue weighted by Crippen LogP contribution is -2.07. The Kier molecular flexibility index (Phi) is 3.64. The smallest absolute Gasteiger partial charge is 0.231 e. The summed E-state index contributed by atoms with van der Waals surface area (Å²) in [7, 11) is 0. The Morgan fingerprint density at radius 2 is 1.90 bits per heavy atom. The van der Waals surface area contributed by atoms with E-state index in [-0.39, 0.29) is 12.8 Å². The molecule has 1 unspecified atom stereocenters. The highest BCUT2D eigenvalue weighted by atomic mass is 35.5. The summed E-state index contributed by atoms with van der Waals surface area (Å²) in [6.07, 6.45) is 0. The van der Waals surface area contributed by atoms with E-state index in [1.807, 2.05) is 30.3 Å². The molecule has 0 saturated carbocycles. The molecule has 1 N–H and O–H groups in total. The number of benzene rings is 2. The Hall–Kier alpha value is -1.58. The molecule has 3 rings (SSSR count). The van der Waals surface area contributed by atoms with Crippen molar-refractivity contribution in [1.82, 2.24) is 0 Å². The van der Waals surface area contributed by atoms with E-state index in [0.29, 0.717) is 10.0 Å². The molecule has 1 heterocycles. The molecule has 0 aromatic heterocycles. The molecule has 5 heteroatoms. The Morgan fingerprint density at radius 3 is 2.75 bits per heavy atom. The second-order valence-corrected chi connectivity index (χ2v) is 5.37. The highest BCUT2D eigenvalue weighted by Crippen LogP contribution is 2.36. The van der Waals surface area contributed by atoms with E-state index in [1.165, 1.54) is 0 Å². The van der Waals surface area contributed by atoms with Crippen LogP contribution in [0.2, 0.25) is 10.0 Å². The van der Waals surface area contributed by atoms with Crippen molar-refractivity contribution in [2.75, 3.05) is 12.1 Å². The first-order valence-electron chi connectivity index (χ1n) is 6.25. The van der Waals surface area contributed by atoms with Crippen LogP contribution in [0.15, 0.2) is 36.4 Å². The monoisotopic (exact) mass is 309 g/mol. The topological polar surface area (TPSA) is 30.5 Å². The zero-order valence-corrected chi connectivity index (χ0v) is 12.3. The summed E-state index contributed by atoms with van der Waals surface area (Å²) < 4.78 is 10.7. The summed E-state index contributed by atoms with van der Waals surface area (Å²) in [5.74, 6) is 1.55. The minimum Gasteiger partial charge on any atom is -0.454 e. The van der Waals surface area contributed by atoms with Crippen LogP contribution in [0.3, 0.4) is 0 Å². The lowest BCUT2D eigenvalue weighted by molar-refractivity contribution is 0.174. The highest BCUT2D eigenvalue weighted by Gasteiger charge is 2.16. The quantitative estimate of drug-likeness (QED) is 0.875. The third kappa shape index (κ3) is 2.51. The van der Waals surface area contributed by atoms with Gasteiger partial charge in [0.15, 0.2) is 11.5 Å². The first kappa shape index (κ1) is 13.4. The van der Waals surface area contributed by atoms with Gasteiger partial charge in [-0.1, -0.05) is 35.3 Å². The molecular weight excluding hydrogens is 297 g/mol. The van der Waals surface area contributed by atoms with E-state index in [9.17, 15) is 0 Å². The summed E-state index contributed by atoms with van der Waals surface area (Å²) in [6, 6.07) is 11.5. The third-order valence-electron chi connectivity index (χ3n) is 3.22. The van der Waals surface area contributed by atoms with Crippen LogP contribution < -0.4 is 14.8 Å². The van der Waals surface area contributed by atoms with Crippen LogP contribution in [-0.4, -0.2) is 6.79 Å². The average Bonchev–Trinajstić information content (AvgIpc) is 2.91. The van der Waals surface area contributed by atoms with Gasteiger partial charge in [0, 0.05) is 6.04 Å². The molecule has 1 atom stereocenters. The second kappa shape index (κ2) is 5.43. The van der Waals surface area contributed by atoms with E-state index in [4.69, 9.17) is 32.7 Å². The van der Waals surface area contributed by atoms with Crippen LogP contribution in [0.4, 0.5) is 5.69 Å². The number of hydrogen-bond acceptors (Lipinski definition) is 3. The van der Waals surface area contributed by atoms with Crippen LogP contribution in [0, 0.1) is 0 Å². The van der Waals surface area contributed by atoms with Gasteiger partial charge in [0.1, 0.15) is 0 Å². The zero-order chi connectivity index (χ0) is 14.1. The van der Waals surface area contributed by atoms with Gasteiger partial charge in [0.25, 0.3) is 0 Å². The molecule has 104 valence electrons. The summed E-state index contributed by atoms with van der Waals surface area (Å²) in [5, 5.41) is 4.41. The maximum atomic E-state index is 6.18. The van der Waals surface area contributed by atoms with Crippen molar-refractivity contribution in [1.29, 1.82) is 0 Å². The number of rotatable bonds is 3. The highest BCUT2D eigenvalue weighted by molar-refractivity contribution is 6.43. The van der Waals surface area contributed by atoms with Crippen LogP contribution in [-0.2, 0) is 0 Å². The van der Waals surface area contributed by atoms with Gasteiger partial charge in [-0.25, -0.2) is 0 Å². The van der Waals surface area contributed by atoms with Crippen LogP contribution in [0.1, 0.15) is 18.5 Å². The standard InChI is InChI=1S/C15H13Cl2NO2/c1-9(18-12-4-2-3-11(16)15(12)17)10-5-6-13-14(7-10)20-8-19-13/h2-7,9,18H,8H2,1H3. The number of fused-ring (bicyclic) bond motifs is 1. The molecule has 0 radical (unpaired) electrons. The van der Waals surface area contributed by atoms with E-state index >= 15 is 0 Å². The maximum Gasteiger partial charge on any atom is 0.231 e. The Bertz CT molecular complexity index is 646. The molecular formula is C15H13Cl2NO2. The Morgan fingerprint density at radius 1 is 1.10 bits per heavy atom. The summed E-state index contributed by atoms with van der Waals surface area (Å²) in [6.45, 7) is 2.33. The van der Waals surface area contributed by atoms with E-state index < -0.39 is 0 Å². The van der Waals surface area contributed by atoms with Crippen LogP contribution in [0.25, 0.3) is 0 Å². The predicted octanol–water partition coefficient (Wildman–Crippen LogP) is 4.90. The van der Waals surface area contributed by atoms with E-state index in [1.54, 1.807) is 6.07 Å². The van der Waals surface area contributed by atoms with Crippen molar-refractivity contribution < 1.29 is 9.47 Å². The molecule has 2 aromatic rings. The summed E-state index contributed by atoms with van der Waals surface area (Å²) >= 11 is 12.2. The van der Waals surface area contributed by atoms with Crippen molar-refractivity contribution >= 4 is 28.9 Å². The maximum absolute atomic E-state index is 6.18. The fourth-order valence-electron chi connectivity index (χ4n) is 2.11. The van der Waals surface area contributed by atoms with Gasteiger partial charge in [-0.3, -0.25) is 0 Å². The number of anilines is 1. The third-order valence-corrected chi connectivity index (χ3v) is 4.04. The summed E-state index contributed by atoms with van der Waals surface area (Å²) in [5.41, 5.74) is 1.90. The predicted molar refractivity (Wildman–Crippen MR) is 81.1 cm³/mol. The normalized spacial score (nSPS) is 14.2. The average molecular weight is 310 g/mol. The van der Waals surface area contributed by atoms with Crippen molar-refractivity contribution in [2.24, 2.45) is 0 Å². The van der Waals surface area contributed by atoms with Gasteiger partial charge in [-0.05, 0) is 36.8 Å². The number of halogens is 2. The van der Waals surface area contributed by atoms with Gasteiger partial charge in [-0.15, -0.1) is 0 Å². The lowest BCUT2D eigenvalue weighted by atomic mass is 10.1. The molecule has 0 saturated heterocycles. The molecule has 0 aliphatic carbocycles. The zero-order valence-electron chi connectivity index (χ0n) is 10.8. The lowest BCUT2D eigenvalue weighted by Gasteiger charge is -2.17. The number of hydrogen-bond donors (Lipinski definition) is 1. The largest absolute Gasteiger partial charge is 0.454 e. The first-order valence-corrected chi connectivity index (χ1v) is 7.01. The number of nitrogens with one attached hydrogen (secondary N) is 1. The first-order chi connectivity index (χ1) is 9.65. The van der Waals surface area contributed by atoms with Crippen molar-refractivity contribution in [2.45, 2.75) is 13.0 Å². The minimum absolute atomic E-state index is 0.0699. The molecule has 0 amide bonds. The minimum atomic E-state index is 0.0699. The van der Waals surface area contributed by atoms with E-state index in [0.717, 1.165) is 22.7 Å². The SMILES string of the molecule is CC(Nc1cccc(Cl)c1Cl)c1ccc2c(c1)OCO2. The van der Waals surface area contributed by atoms with Gasteiger partial charge in [-0.2, -0.15) is 0 Å². The molecule has 0 fully saturated rings. The fourth-order valence-corrected chi connectivity index (χ4v) is 2.47.